The van der Waals surface area contributed by atoms with Gasteiger partial charge in [0.1, 0.15) is 11.3 Å². The van der Waals surface area contributed by atoms with E-state index < -0.39 is 11.5 Å². The van der Waals surface area contributed by atoms with Crippen LogP contribution in [-0.4, -0.2) is 36.2 Å². The Morgan fingerprint density at radius 2 is 1.70 bits per heavy atom. The lowest BCUT2D eigenvalue weighted by Crippen LogP contribution is -2.50. The molecule has 1 aliphatic heterocycles. The largest absolute Gasteiger partial charge is 0.497 e. The summed E-state index contributed by atoms with van der Waals surface area (Å²) in [6.07, 6.45) is 4.52. The standard InChI is InChI=1S/C16H23NO3/c1-16(15(18)19,17-11-5-3-4-6-12-17)13-7-9-14(20-2)10-8-13/h7-10H,3-6,11-12H2,1-2H3,(H,18,19). The van der Waals surface area contributed by atoms with E-state index in [1.807, 2.05) is 31.2 Å². The molecule has 2 rings (SSSR count). The lowest BCUT2D eigenvalue weighted by atomic mass is 9.89. The van der Waals surface area contributed by atoms with Gasteiger partial charge in [0.2, 0.25) is 0 Å². The maximum atomic E-state index is 11.9. The second-order valence-electron chi connectivity index (χ2n) is 5.51. The van der Waals surface area contributed by atoms with Gasteiger partial charge in [0, 0.05) is 0 Å². The van der Waals surface area contributed by atoms with Gasteiger partial charge in [0.25, 0.3) is 0 Å². The highest BCUT2D eigenvalue weighted by atomic mass is 16.5. The summed E-state index contributed by atoms with van der Waals surface area (Å²) in [6, 6.07) is 7.37. The molecule has 4 nitrogen and oxygen atoms in total. The zero-order chi connectivity index (χ0) is 14.6. The lowest BCUT2D eigenvalue weighted by molar-refractivity contribution is -0.151. The Morgan fingerprint density at radius 1 is 1.15 bits per heavy atom. The Balaban J connectivity index is 2.33. The number of hydrogen-bond donors (Lipinski definition) is 1. The van der Waals surface area contributed by atoms with E-state index in [0.717, 1.165) is 37.2 Å². The molecule has 0 aliphatic carbocycles. The average Bonchev–Trinajstić information content (AvgIpc) is 2.75. The summed E-state index contributed by atoms with van der Waals surface area (Å²) in [6.45, 7) is 3.49. The van der Waals surface area contributed by atoms with Crippen LogP contribution >= 0.6 is 0 Å². The molecular weight excluding hydrogens is 254 g/mol. The number of rotatable bonds is 4. The van der Waals surface area contributed by atoms with E-state index >= 15 is 0 Å². The van der Waals surface area contributed by atoms with Crippen LogP contribution in [0, 0.1) is 0 Å². The molecule has 0 aromatic heterocycles. The second kappa shape index (κ2) is 6.27. The first kappa shape index (κ1) is 14.9. The molecule has 1 unspecified atom stereocenters. The summed E-state index contributed by atoms with van der Waals surface area (Å²) < 4.78 is 5.15. The number of ether oxygens (including phenoxy) is 1. The second-order valence-corrected chi connectivity index (χ2v) is 5.51. The molecule has 0 bridgehead atoms. The van der Waals surface area contributed by atoms with Gasteiger partial charge in [-0.1, -0.05) is 25.0 Å². The molecule has 1 fully saturated rings. The lowest BCUT2D eigenvalue weighted by Gasteiger charge is -2.37. The maximum Gasteiger partial charge on any atom is 0.328 e. The van der Waals surface area contributed by atoms with Crippen LogP contribution in [0.25, 0.3) is 0 Å². The zero-order valence-electron chi connectivity index (χ0n) is 12.3. The highest BCUT2D eigenvalue weighted by Crippen LogP contribution is 2.32. The zero-order valence-corrected chi connectivity index (χ0v) is 12.3. The molecule has 1 N–H and O–H groups in total. The molecule has 0 spiro atoms. The fourth-order valence-corrected chi connectivity index (χ4v) is 2.87. The minimum Gasteiger partial charge on any atom is -0.497 e. The maximum absolute atomic E-state index is 11.9. The molecule has 0 saturated carbocycles. The molecule has 110 valence electrons. The number of nitrogens with zero attached hydrogens (tertiary/aromatic N) is 1. The molecule has 1 saturated heterocycles. The number of carbonyl (C=O) groups is 1. The van der Waals surface area contributed by atoms with Crippen molar-refractivity contribution in [2.75, 3.05) is 20.2 Å². The van der Waals surface area contributed by atoms with Crippen LogP contribution in [0.3, 0.4) is 0 Å². The summed E-state index contributed by atoms with van der Waals surface area (Å²) in [7, 11) is 1.61. The number of aliphatic carboxylic acids is 1. The highest BCUT2D eigenvalue weighted by molar-refractivity contribution is 5.80. The van der Waals surface area contributed by atoms with Gasteiger partial charge in [-0.05, 0) is 50.6 Å². The van der Waals surface area contributed by atoms with Crippen molar-refractivity contribution >= 4 is 5.97 Å². The summed E-state index contributed by atoms with van der Waals surface area (Å²) in [5.74, 6) is -0.0399. The van der Waals surface area contributed by atoms with E-state index in [0.29, 0.717) is 0 Å². The van der Waals surface area contributed by atoms with Gasteiger partial charge in [-0.25, -0.2) is 4.79 Å². The van der Waals surface area contributed by atoms with E-state index in [1.54, 1.807) is 7.11 Å². The Morgan fingerprint density at radius 3 is 2.15 bits per heavy atom. The minimum atomic E-state index is -0.962. The van der Waals surface area contributed by atoms with Crippen molar-refractivity contribution in [2.24, 2.45) is 0 Å². The number of carboxylic acids is 1. The van der Waals surface area contributed by atoms with Crippen molar-refractivity contribution in [1.82, 2.24) is 4.90 Å². The number of hydrogen-bond acceptors (Lipinski definition) is 3. The molecular formula is C16H23NO3. The molecule has 1 heterocycles. The van der Waals surface area contributed by atoms with Crippen molar-refractivity contribution in [1.29, 1.82) is 0 Å². The number of methoxy groups -OCH3 is 1. The molecule has 1 aromatic carbocycles. The van der Waals surface area contributed by atoms with Crippen LogP contribution in [0.1, 0.15) is 38.2 Å². The summed E-state index contributed by atoms with van der Waals surface area (Å²) in [5, 5.41) is 9.78. The van der Waals surface area contributed by atoms with Crippen molar-refractivity contribution < 1.29 is 14.6 Å². The monoisotopic (exact) mass is 277 g/mol. The fraction of sp³-hybridized carbons (Fsp3) is 0.562. The van der Waals surface area contributed by atoms with Crippen LogP contribution in [0.15, 0.2) is 24.3 Å². The van der Waals surface area contributed by atoms with Crippen molar-refractivity contribution in [2.45, 2.75) is 38.1 Å². The fourth-order valence-electron chi connectivity index (χ4n) is 2.87. The van der Waals surface area contributed by atoms with Crippen LogP contribution in [0.5, 0.6) is 5.75 Å². The van der Waals surface area contributed by atoms with Crippen molar-refractivity contribution in [3.8, 4) is 5.75 Å². The third-order valence-electron chi connectivity index (χ3n) is 4.31. The van der Waals surface area contributed by atoms with Crippen LogP contribution in [0.2, 0.25) is 0 Å². The van der Waals surface area contributed by atoms with E-state index in [9.17, 15) is 9.90 Å². The van der Waals surface area contributed by atoms with Gasteiger partial charge in [-0.2, -0.15) is 0 Å². The quantitative estimate of drug-likeness (QED) is 0.919. The van der Waals surface area contributed by atoms with Crippen LogP contribution in [0.4, 0.5) is 0 Å². The van der Waals surface area contributed by atoms with Crippen LogP contribution in [-0.2, 0) is 10.3 Å². The average molecular weight is 277 g/mol. The molecule has 0 amide bonds. The van der Waals surface area contributed by atoms with Gasteiger partial charge in [-0.3, -0.25) is 4.90 Å². The number of carboxylic acid groups (broad SMARTS) is 1. The molecule has 1 atom stereocenters. The summed E-state index contributed by atoms with van der Waals surface area (Å²) >= 11 is 0. The number of benzene rings is 1. The SMILES string of the molecule is COc1ccc(C(C)(C(=O)O)N2CCCCCC2)cc1. The van der Waals surface area contributed by atoms with Crippen LogP contribution < -0.4 is 4.74 Å². The molecule has 1 aliphatic rings. The van der Waals surface area contributed by atoms with E-state index in [2.05, 4.69) is 4.90 Å². The van der Waals surface area contributed by atoms with Gasteiger partial charge in [-0.15, -0.1) is 0 Å². The summed E-state index contributed by atoms with van der Waals surface area (Å²) in [5.41, 5.74) is -0.149. The van der Waals surface area contributed by atoms with E-state index in [4.69, 9.17) is 4.74 Å². The van der Waals surface area contributed by atoms with Crippen molar-refractivity contribution in [3.63, 3.8) is 0 Å². The van der Waals surface area contributed by atoms with Crippen molar-refractivity contribution in [3.05, 3.63) is 29.8 Å². The van der Waals surface area contributed by atoms with Gasteiger partial charge in [0.05, 0.1) is 7.11 Å². The third kappa shape index (κ3) is 2.80. The third-order valence-corrected chi connectivity index (χ3v) is 4.31. The minimum absolute atomic E-state index is 0.748. The Hall–Kier alpha value is -1.55. The number of likely N-dealkylation sites (tertiary alicyclic amines) is 1. The first-order valence-corrected chi connectivity index (χ1v) is 7.22. The highest BCUT2D eigenvalue weighted by Gasteiger charge is 2.41. The normalized spacial score (nSPS) is 19.9. The predicted molar refractivity (Wildman–Crippen MR) is 78.0 cm³/mol. The first-order chi connectivity index (χ1) is 9.59. The Bertz CT molecular complexity index is 449. The van der Waals surface area contributed by atoms with Gasteiger partial charge < -0.3 is 9.84 Å². The Kier molecular flexibility index (Phi) is 4.65. The molecule has 4 heteroatoms. The van der Waals surface area contributed by atoms with E-state index in [1.165, 1.54) is 12.8 Å². The first-order valence-electron chi connectivity index (χ1n) is 7.22. The Labute approximate surface area is 120 Å². The summed E-state index contributed by atoms with van der Waals surface area (Å²) in [4.78, 5) is 14.0. The van der Waals surface area contributed by atoms with Gasteiger partial charge >= 0.3 is 5.97 Å². The van der Waals surface area contributed by atoms with E-state index in [-0.39, 0.29) is 0 Å². The molecule has 0 radical (unpaired) electrons. The predicted octanol–water partition coefficient (Wildman–Crippen LogP) is 2.87. The molecule has 1 aromatic rings. The smallest absolute Gasteiger partial charge is 0.328 e. The van der Waals surface area contributed by atoms with Gasteiger partial charge in [0.15, 0.2) is 0 Å². The molecule has 20 heavy (non-hydrogen) atoms. The topological polar surface area (TPSA) is 49.8 Å².